The molecule has 1 saturated carbocycles. The molecule has 0 atom stereocenters. The highest BCUT2D eigenvalue weighted by Gasteiger charge is 2.24. The molecule has 1 fully saturated rings. The Bertz CT molecular complexity index is 456. The molecule has 0 heterocycles. The normalized spacial score (nSPS) is 22.5. The lowest BCUT2D eigenvalue weighted by Gasteiger charge is -2.33. The lowest BCUT2D eigenvalue weighted by atomic mass is 9.87. The summed E-state index contributed by atoms with van der Waals surface area (Å²) >= 11 is 1.56. The highest BCUT2D eigenvalue weighted by Crippen LogP contribution is 2.27. The summed E-state index contributed by atoms with van der Waals surface area (Å²) in [7, 11) is 1.95. The first kappa shape index (κ1) is 15.2. The summed E-state index contributed by atoms with van der Waals surface area (Å²) in [5, 5.41) is 0. The van der Waals surface area contributed by atoms with Gasteiger partial charge in [0.05, 0.1) is 5.75 Å². The molecule has 0 saturated heterocycles. The van der Waals surface area contributed by atoms with E-state index in [1.807, 2.05) is 36.2 Å². The van der Waals surface area contributed by atoms with Gasteiger partial charge in [0.25, 0.3) is 0 Å². The van der Waals surface area contributed by atoms with Crippen LogP contribution in [0.2, 0.25) is 0 Å². The van der Waals surface area contributed by atoms with E-state index in [0.717, 1.165) is 29.3 Å². The van der Waals surface area contributed by atoms with Crippen molar-refractivity contribution in [3.05, 3.63) is 24.3 Å². The second-order valence-electron chi connectivity index (χ2n) is 5.78. The van der Waals surface area contributed by atoms with E-state index >= 15 is 0 Å². The molecule has 110 valence electrons. The number of nitrogen functional groups attached to an aromatic ring is 1. The zero-order valence-corrected chi connectivity index (χ0v) is 13.2. The van der Waals surface area contributed by atoms with Crippen molar-refractivity contribution in [2.45, 2.75) is 43.5 Å². The van der Waals surface area contributed by atoms with Crippen LogP contribution in [-0.4, -0.2) is 29.6 Å². The van der Waals surface area contributed by atoms with Crippen molar-refractivity contribution in [1.82, 2.24) is 4.90 Å². The number of thioether (sulfide) groups is 1. The van der Waals surface area contributed by atoms with E-state index in [1.165, 1.54) is 12.8 Å². The van der Waals surface area contributed by atoms with E-state index in [9.17, 15) is 4.79 Å². The van der Waals surface area contributed by atoms with Crippen molar-refractivity contribution in [3.8, 4) is 0 Å². The molecule has 1 aromatic rings. The fourth-order valence-electron chi connectivity index (χ4n) is 2.68. The molecule has 1 aliphatic carbocycles. The molecule has 4 heteroatoms. The van der Waals surface area contributed by atoms with Gasteiger partial charge in [0.15, 0.2) is 0 Å². The minimum atomic E-state index is 0.219. The Balaban J connectivity index is 1.82. The minimum Gasteiger partial charge on any atom is -0.399 e. The smallest absolute Gasteiger partial charge is 0.232 e. The molecule has 2 rings (SSSR count). The average Bonchev–Trinajstić information content (AvgIpc) is 2.45. The first-order valence-corrected chi connectivity index (χ1v) is 8.29. The van der Waals surface area contributed by atoms with Crippen LogP contribution in [0.15, 0.2) is 29.2 Å². The van der Waals surface area contributed by atoms with Crippen LogP contribution in [-0.2, 0) is 4.79 Å². The molecule has 0 bridgehead atoms. The molecule has 0 aliphatic heterocycles. The van der Waals surface area contributed by atoms with Gasteiger partial charge in [-0.1, -0.05) is 13.0 Å². The second kappa shape index (κ2) is 7.02. The zero-order valence-electron chi connectivity index (χ0n) is 12.3. The first-order valence-electron chi connectivity index (χ1n) is 7.30. The van der Waals surface area contributed by atoms with Crippen molar-refractivity contribution in [2.24, 2.45) is 5.92 Å². The maximum Gasteiger partial charge on any atom is 0.232 e. The molecule has 3 nitrogen and oxygen atoms in total. The van der Waals surface area contributed by atoms with E-state index < -0.39 is 0 Å². The summed E-state index contributed by atoms with van der Waals surface area (Å²) in [5.74, 6) is 1.53. The standard InChI is InChI=1S/C16H24N2OS/c1-12-6-8-14(9-7-12)18(2)16(19)11-20-15-5-3-4-13(17)10-15/h3-5,10,12,14H,6-9,11,17H2,1-2H3. The van der Waals surface area contributed by atoms with Gasteiger partial charge in [0.1, 0.15) is 0 Å². The fraction of sp³-hybridized carbons (Fsp3) is 0.562. The van der Waals surface area contributed by atoms with Gasteiger partial charge in [0, 0.05) is 23.7 Å². The summed E-state index contributed by atoms with van der Waals surface area (Å²) in [6.45, 7) is 2.30. The second-order valence-corrected chi connectivity index (χ2v) is 6.83. The maximum atomic E-state index is 12.3. The van der Waals surface area contributed by atoms with Crippen LogP contribution in [0.25, 0.3) is 0 Å². The Labute approximate surface area is 125 Å². The van der Waals surface area contributed by atoms with Gasteiger partial charge in [-0.15, -0.1) is 11.8 Å². The lowest BCUT2D eigenvalue weighted by molar-refractivity contribution is -0.129. The van der Waals surface area contributed by atoms with Crippen molar-refractivity contribution >= 4 is 23.4 Å². The van der Waals surface area contributed by atoms with Gasteiger partial charge in [0.2, 0.25) is 5.91 Å². The van der Waals surface area contributed by atoms with Gasteiger partial charge in [-0.3, -0.25) is 4.79 Å². The van der Waals surface area contributed by atoms with Crippen molar-refractivity contribution < 1.29 is 4.79 Å². The summed E-state index contributed by atoms with van der Waals surface area (Å²) < 4.78 is 0. The van der Waals surface area contributed by atoms with Crippen LogP contribution in [0.3, 0.4) is 0 Å². The number of carbonyl (C=O) groups excluding carboxylic acids is 1. The maximum absolute atomic E-state index is 12.3. The average molecular weight is 292 g/mol. The van der Waals surface area contributed by atoms with E-state index in [4.69, 9.17) is 5.73 Å². The summed E-state index contributed by atoms with van der Waals surface area (Å²) in [4.78, 5) is 15.3. The number of amides is 1. The van der Waals surface area contributed by atoms with E-state index in [2.05, 4.69) is 6.92 Å². The number of anilines is 1. The number of benzene rings is 1. The van der Waals surface area contributed by atoms with Crippen molar-refractivity contribution in [3.63, 3.8) is 0 Å². The van der Waals surface area contributed by atoms with Crippen LogP contribution in [0.5, 0.6) is 0 Å². The van der Waals surface area contributed by atoms with Gasteiger partial charge in [-0.25, -0.2) is 0 Å². The predicted molar refractivity (Wildman–Crippen MR) is 85.8 cm³/mol. The van der Waals surface area contributed by atoms with E-state index in [0.29, 0.717) is 11.8 Å². The topological polar surface area (TPSA) is 46.3 Å². The van der Waals surface area contributed by atoms with Crippen LogP contribution >= 0.6 is 11.8 Å². The Morgan fingerprint density at radius 1 is 1.35 bits per heavy atom. The van der Waals surface area contributed by atoms with Gasteiger partial charge >= 0.3 is 0 Å². The third-order valence-corrected chi connectivity index (χ3v) is 5.13. The number of hydrogen-bond acceptors (Lipinski definition) is 3. The summed E-state index contributed by atoms with van der Waals surface area (Å²) in [6.07, 6.45) is 4.77. The Hall–Kier alpha value is -1.16. The molecule has 0 radical (unpaired) electrons. The quantitative estimate of drug-likeness (QED) is 0.683. The van der Waals surface area contributed by atoms with Gasteiger partial charge in [-0.2, -0.15) is 0 Å². The third kappa shape index (κ3) is 4.17. The number of carbonyl (C=O) groups is 1. The Morgan fingerprint density at radius 3 is 2.70 bits per heavy atom. The van der Waals surface area contributed by atoms with Crippen LogP contribution in [0.4, 0.5) is 5.69 Å². The van der Waals surface area contributed by atoms with E-state index in [-0.39, 0.29) is 5.91 Å². The number of hydrogen-bond donors (Lipinski definition) is 1. The molecule has 2 N–H and O–H groups in total. The Morgan fingerprint density at radius 2 is 2.05 bits per heavy atom. The largest absolute Gasteiger partial charge is 0.399 e. The van der Waals surface area contributed by atoms with E-state index in [1.54, 1.807) is 11.8 Å². The summed E-state index contributed by atoms with van der Waals surface area (Å²) in [6, 6.07) is 8.13. The number of nitrogens with zero attached hydrogens (tertiary/aromatic N) is 1. The van der Waals surface area contributed by atoms with Gasteiger partial charge in [-0.05, 0) is 49.8 Å². The predicted octanol–water partition coefficient (Wildman–Crippen LogP) is 3.40. The molecule has 1 aliphatic rings. The Kier molecular flexibility index (Phi) is 5.35. The lowest BCUT2D eigenvalue weighted by Crippen LogP contribution is -2.40. The molecule has 0 unspecified atom stereocenters. The molecule has 0 aromatic heterocycles. The highest BCUT2D eigenvalue weighted by atomic mass is 32.2. The molecule has 20 heavy (non-hydrogen) atoms. The van der Waals surface area contributed by atoms with Gasteiger partial charge < -0.3 is 10.6 Å². The fourth-order valence-corrected chi connectivity index (χ4v) is 3.57. The molecular weight excluding hydrogens is 268 g/mol. The molecular formula is C16H24N2OS. The van der Waals surface area contributed by atoms with Crippen LogP contribution in [0.1, 0.15) is 32.6 Å². The van der Waals surface area contributed by atoms with Crippen molar-refractivity contribution in [2.75, 3.05) is 18.5 Å². The molecule has 1 amide bonds. The first-order chi connectivity index (χ1) is 9.56. The van der Waals surface area contributed by atoms with Crippen LogP contribution < -0.4 is 5.73 Å². The number of nitrogens with two attached hydrogens (primary N) is 1. The van der Waals surface area contributed by atoms with Crippen LogP contribution in [0, 0.1) is 5.92 Å². The monoisotopic (exact) mass is 292 g/mol. The number of rotatable bonds is 4. The molecule has 1 aromatic carbocycles. The molecule has 0 spiro atoms. The highest BCUT2D eigenvalue weighted by molar-refractivity contribution is 8.00. The zero-order chi connectivity index (χ0) is 14.5. The SMILES string of the molecule is CC1CCC(N(C)C(=O)CSc2cccc(N)c2)CC1. The third-order valence-electron chi connectivity index (χ3n) is 4.15. The minimum absolute atomic E-state index is 0.219. The summed E-state index contributed by atoms with van der Waals surface area (Å²) in [5.41, 5.74) is 6.49. The van der Waals surface area contributed by atoms with Crippen molar-refractivity contribution in [1.29, 1.82) is 0 Å².